The Morgan fingerprint density at radius 3 is 2.32 bits per heavy atom. The van der Waals surface area contributed by atoms with Crippen molar-refractivity contribution in [3.05, 3.63) is 58.7 Å². The summed E-state index contributed by atoms with van der Waals surface area (Å²) in [5, 5.41) is 10.1. The summed E-state index contributed by atoms with van der Waals surface area (Å²) in [5.74, 6) is 0.274. The number of sulfonamides is 1. The van der Waals surface area contributed by atoms with Crippen molar-refractivity contribution < 1.29 is 26.7 Å². The molecule has 196 valence electrons. The van der Waals surface area contributed by atoms with Crippen LogP contribution in [-0.4, -0.2) is 46.0 Å². The van der Waals surface area contributed by atoms with Crippen molar-refractivity contribution in [3.63, 3.8) is 0 Å². The van der Waals surface area contributed by atoms with Gasteiger partial charge in [0.05, 0.1) is 28.6 Å². The van der Waals surface area contributed by atoms with E-state index in [0.717, 1.165) is 18.9 Å². The molecule has 2 unspecified atom stereocenters. The number of nitrogens with one attached hydrogen (secondary N) is 1. The Morgan fingerprint density at radius 1 is 1.00 bits per heavy atom. The van der Waals surface area contributed by atoms with Crippen LogP contribution in [-0.2, 0) is 16.2 Å². The normalized spacial score (nSPS) is 24.5. The number of piperidine rings is 1. The van der Waals surface area contributed by atoms with Gasteiger partial charge in [-0.05, 0) is 74.3 Å². The number of fused-ring (bicyclic) bond motifs is 2. The molecule has 11 heteroatoms. The first kappa shape index (κ1) is 24.9. The van der Waals surface area contributed by atoms with Crippen LogP contribution < -0.4 is 0 Å². The number of halogens is 4. The number of aliphatic hydroxyl groups is 1. The molecule has 3 aromatic rings. The van der Waals surface area contributed by atoms with Crippen LogP contribution in [0.1, 0.15) is 55.6 Å². The van der Waals surface area contributed by atoms with Crippen LogP contribution in [0.15, 0.2) is 47.5 Å². The molecule has 3 heterocycles. The number of hydrogen-bond donors (Lipinski definition) is 2. The summed E-state index contributed by atoms with van der Waals surface area (Å²) >= 11 is 6.35. The van der Waals surface area contributed by atoms with E-state index in [2.05, 4.69) is 9.97 Å². The molecule has 0 radical (unpaired) electrons. The molecule has 0 spiro atoms. The molecular weight excluding hydrogens is 527 g/mol. The minimum Gasteiger partial charge on any atom is -0.393 e. The van der Waals surface area contributed by atoms with Gasteiger partial charge in [-0.2, -0.15) is 17.5 Å². The van der Waals surface area contributed by atoms with Crippen LogP contribution in [0, 0.1) is 0 Å². The molecule has 6 nitrogen and oxygen atoms in total. The maximum atomic E-state index is 13.7. The lowest BCUT2D eigenvalue weighted by Crippen LogP contribution is -2.47. The van der Waals surface area contributed by atoms with Crippen molar-refractivity contribution in [2.45, 2.75) is 73.7 Å². The number of H-pyrrole nitrogens is 1. The minimum absolute atomic E-state index is 0.0455. The van der Waals surface area contributed by atoms with E-state index in [9.17, 15) is 26.7 Å². The molecule has 6 rings (SSSR count). The Hall–Kier alpha value is -2.40. The number of alkyl halides is 3. The number of imidazole rings is 1. The molecule has 3 fully saturated rings. The predicted molar refractivity (Wildman–Crippen MR) is 133 cm³/mol. The molecule has 0 amide bonds. The topological polar surface area (TPSA) is 86.3 Å². The van der Waals surface area contributed by atoms with Crippen molar-refractivity contribution in [3.8, 4) is 22.6 Å². The Balaban J connectivity index is 1.33. The fraction of sp³-hybridized carbons (Fsp3) is 0.423. The van der Waals surface area contributed by atoms with Gasteiger partial charge in [-0.3, -0.25) is 0 Å². The average Bonchev–Trinajstić information content (AvgIpc) is 3.49. The summed E-state index contributed by atoms with van der Waals surface area (Å²) in [6.07, 6.45) is 0.177. The summed E-state index contributed by atoms with van der Waals surface area (Å²) in [6, 6.07) is 8.34. The van der Waals surface area contributed by atoms with Gasteiger partial charge in [0.1, 0.15) is 10.7 Å². The van der Waals surface area contributed by atoms with Gasteiger partial charge >= 0.3 is 6.18 Å². The second kappa shape index (κ2) is 8.83. The second-order valence-electron chi connectivity index (χ2n) is 10.2. The number of rotatable bonds is 5. The lowest BCUT2D eigenvalue weighted by molar-refractivity contribution is -0.138. The van der Waals surface area contributed by atoms with E-state index in [1.165, 1.54) is 28.7 Å². The molecule has 1 aromatic heterocycles. The summed E-state index contributed by atoms with van der Waals surface area (Å²) in [7, 11) is -3.93. The molecule has 1 saturated carbocycles. The maximum Gasteiger partial charge on any atom is 0.416 e. The van der Waals surface area contributed by atoms with Gasteiger partial charge in [-0.1, -0.05) is 23.7 Å². The monoisotopic (exact) mass is 551 g/mol. The van der Waals surface area contributed by atoms with Crippen molar-refractivity contribution in [2.75, 3.05) is 0 Å². The van der Waals surface area contributed by atoms with Gasteiger partial charge in [-0.15, -0.1) is 0 Å². The van der Waals surface area contributed by atoms with Gasteiger partial charge in [-0.25, -0.2) is 13.4 Å². The molecule has 2 saturated heterocycles. The highest BCUT2D eigenvalue weighted by atomic mass is 35.5. The quantitative estimate of drug-likeness (QED) is 0.409. The van der Waals surface area contributed by atoms with E-state index >= 15 is 0 Å². The lowest BCUT2D eigenvalue weighted by Gasteiger charge is -2.36. The van der Waals surface area contributed by atoms with Crippen LogP contribution in [0.5, 0.6) is 0 Å². The van der Waals surface area contributed by atoms with E-state index < -0.39 is 27.9 Å². The Kier molecular flexibility index (Phi) is 5.94. The number of benzene rings is 2. The SMILES string of the molecule is O=S(=O)(c1cc(-c2ncc(-c3ccc(C4CC4)c(C(F)(F)F)c3)[nH]2)ccc1Cl)N1C2CC[C@@H]1CC(O)C2. The molecule has 37 heavy (non-hydrogen) atoms. The highest BCUT2D eigenvalue weighted by molar-refractivity contribution is 7.89. The molecule has 1 aliphatic carbocycles. The largest absolute Gasteiger partial charge is 0.416 e. The third-order valence-corrected chi connectivity index (χ3v) is 10.2. The summed E-state index contributed by atoms with van der Waals surface area (Å²) < 4.78 is 69.9. The molecule has 3 aliphatic rings. The molecule has 2 aliphatic heterocycles. The highest BCUT2D eigenvalue weighted by Crippen LogP contribution is 2.47. The van der Waals surface area contributed by atoms with E-state index in [1.807, 2.05) is 0 Å². The van der Waals surface area contributed by atoms with Gasteiger partial charge in [0.2, 0.25) is 10.0 Å². The Labute approximate surface area is 217 Å². The highest BCUT2D eigenvalue weighted by Gasteiger charge is 2.47. The molecule has 2 aromatic carbocycles. The Morgan fingerprint density at radius 2 is 1.68 bits per heavy atom. The number of aromatic amines is 1. The number of hydrogen-bond acceptors (Lipinski definition) is 4. The van der Waals surface area contributed by atoms with Crippen molar-refractivity contribution in [1.29, 1.82) is 0 Å². The zero-order valence-electron chi connectivity index (χ0n) is 19.7. The first-order chi connectivity index (χ1) is 17.5. The third kappa shape index (κ3) is 4.47. The summed E-state index contributed by atoms with van der Waals surface area (Å²) in [5.41, 5.74) is 0.878. The van der Waals surface area contributed by atoms with Crippen molar-refractivity contribution in [1.82, 2.24) is 14.3 Å². The van der Waals surface area contributed by atoms with Crippen LogP contribution in [0.3, 0.4) is 0 Å². The van der Waals surface area contributed by atoms with Crippen molar-refractivity contribution >= 4 is 21.6 Å². The van der Waals surface area contributed by atoms with Crippen molar-refractivity contribution in [2.24, 2.45) is 0 Å². The second-order valence-corrected chi connectivity index (χ2v) is 12.4. The summed E-state index contributed by atoms with van der Waals surface area (Å²) in [4.78, 5) is 7.31. The molecular formula is C26H25ClF3N3O3S. The first-order valence-corrected chi connectivity index (χ1v) is 14.1. The van der Waals surface area contributed by atoms with Gasteiger partial charge in [0.15, 0.2) is 0 Å². The van der Waals surface area contributed by atoms with Gasteiger partial charge in [0.25, 0.3) is 0 Å². The average molecular weight is 552 g/mol. The number of aromatic nitrogens is 2. The third-order valence-electron chi connectivity index (χ3n) is 7.66. The lowest BCUT2D eigenvalue weighted by atomic mass is 9.99. The fourth-order valence-corrected chi connectivity index (χ4v) is 8.19. The molecule has 2 bridgehead atoms. The number of nitrogens with zero attached hydrogens (tertiary/aromatic N) is 2. The van der Waals surface area contributed by atoms with E-state index in [-0.39, 0.29) is 27.9 Å². The standard InChI is InChI=1S/C26H25ClF3N3O3S/c27-22-8-4-16(10-24(22)37(35,36)33-17-5-6-18(33)12-19(34)11-17)25-31-13-23(32-25)15-3-7-20(14-1-2-14)21(9-15)26(28,29)30/h3-4,7-10,13-14,17-19,34H,1-2,5-6,11-12H2,(H,31,32)/t17-,18?,19?/m1/s1. The van der Waals surface area contributed by atoms with Gasteiger partial charge < -0.3 is 10.1 Å². The predicted octanol–water partition coefficient (Wildman–Crippen LogP) is 5.97. The zero-order valence-corrected chi connectivity index (χ0v) is 21.2. The van der Waals surface area contributed by atoms with Crippen LogP contribution in [0.4, 0.5) is 13.2 Å². The molecule has 2 N–H and O–H groups in total. The van der Waals surface area contributed by atoms with Crippen LogP contribution in [0.25, 0.3) is 22.6 Å². The minimum atomic E-state index is -4.46. The maximum absolute atomic E-state index is 13.7. The zero-order chi connectivity index (χ0) is 26.1. The fourth-order valence-electron chi connectivity index (χ4n) is 5.79. The summed E-state index contributed by atoms with van der Waals surface area (Å²) in [6.45, 7) is 0. The number of aliphatic hydroxyl groups excluding tert-OH is 1. The van der Waals surface area contributed by atoms with Crippen LogP contribution in [0.2, 0.25) is 5.02 Å². The smallest absolute Gasteiger partial charge is 0.393 e. The van der Waals surface area contributed by atoms with E-state index in [1.54, 1.807) is 12.1 Å². The van der Waals surface area contributed by atoms with Gasteiger partial charge in [0, 0.05) is 23.2 Å². The molecule has 3 atom stereocenters. The van der Waals surface area contributed by atoms with E-state index in [0.29, 0.717) is 53.9 Å². The Bertz CT molecular complexity index is 1460. The van der Waals surface area contributed by atoms with Crippen LogP contribution >= 0.6 is 11.6 Å². The van der Waals surface area contributed by atoms with E-state index in [4.69, 9.17) is 11.6 Å². The first-order valence-electron chi connectivity index (χ1n) is 12.3.